The molecule has 0 heterocycles. The first-order chi connectivity index (χ1) is 7.30. The fraction of sp³-hybridized carbons (Fsp3) is 0.727. The highest BCUT2D eigenvalue weighted by molar-refractivity contribution is 5.79. The monoisotopic (exact) mass is 227 g/mol. The van der Waals surface area contributed by atoms with E-state index < -0.39 is 23.6 Å². The molecule has 5 heteroatoms. The van der Waals surface area contributed by atoms with Crippen molar-refractivity contribution in [2.75, 3.05) is 7.11 Å². The van der Waals surface area contributed by atoms with Gasteiger partial charge in [0, 0.05) is 6.42 Å². The number of carbonyl (C=O) groups is 2. The van der Waals surface area contributed by atoms with Crippen LogP contribution in [0.2, 0.25) is 0 Å². The molecule has 5 nitrogen and oxygen atoms in total. The van der Waals surface area contributed by atoms with E-state index in [0.29, 0.717) is 0 Å². The number of hydrogen-bond acceptors (Lipinski definition) is 4. The Labute approximate surface area is 95.5 Å². The first kappa shape index (κ1) is 14.4. The minimum Gasteiger partial charge on any atom is -0.469 e. The van der Waals surface area contributed by atoms with E-state index in [-0.39, 0.29) is 12.8 Å². The van der Waals surface area contributed by atoms with Crippen molar-refractivity contribution < 1.29 is 19.1 Å². The van der Waals surface area contributed by atoms with E-state index in [0.717, 1.165) is 0 Å². The zero-order chi connectivity index (χ0) is 12.8. The molecule has 0 aromatic carbocycles. The Morgan fingerprint density at radius 3 is 2.31 bits per heavy atom. The summed E-state index contributed by atoms with van der Waals surface area (Å²) < 4.78 is 9.48. The van der Waals surface area contributed by atoms with Crippen molar-refractivity contribution >= 4 is 11.9 Å². The van der Waals surface area contributed by atoms with Gasteiger partial charge in [-0.05, 0) is 20.8 Å². The second kappa shape index (κ2) is 6.11. The number of nitrogens with zero attached hydrogens (tertiary/aromatic N) is 1. The maximum atomic E-state index is 11.5. The van der Waals surface area contributed by atoms with Gasteiger partial charge >= 0.3 is 18.0 Å². The second-order valence-corrected chi connectivity index (χ2v) is 4.29. The maximum Gasteiger partial charge on any atom is 0.390 e. The molecule has 0 aromatic rings. The summed E-state index contributed by atoms with van der Waals surface area (Å²) in [4.78, 5) is 25.5. The molecule has 0 bridgehead atoms. The lowest BCUT2D eigenvalue weighted by atomic mass is 10.1. The Bertz CT molecular complexity index is 298. The van der Waals surface area contributed by atoms with Crippen LogP contribution in [0.25, 0.3) is 4.85 Å². The van der Waals surface area contributed by atoms with Crippen LogP contribution >= 0.6 is 0 Å². The molecule has 1 unspecified atom stereocenters. The van der Waals surface area contributed by atoms with Gasteiger partial charge in [-0.15, -0.1) is 0 Å². The molecular weight excluding hydrogens is 210 g/mol. The minimum atomic E-state index is -0.932. The largest absolute Gasteiger partial charge is 0.469 e. The van der Waals surface area contributed by atoms with Crippen LogP contribution in [0.5, 0.6) is 0 Å². The summed E-state index contributed by atoms with van der Waals surface area (Å²) in [6.07, 6.45) is 0.174. The summed E-state index contributed by atoms with van der Waals surface area (Å²) in [5.41, 5.74) is -0.620. The van der Waals surface area contributed by atoms with Gasteiger partial charge in [0.05, 0.1) is 13.5 Å². The molecule has 16 heavy (non-hydrogen) atoms. The quantitative estimate of drug-likeness (QED) is 0.540. The standard InChI is InChI=1S/C11H17NO4/c1-11(2,3)16-10(14)8(12-4)6-7-9(13)15-5/h8H,6-7H2,1-3,5H3. The third-order valence-corrected chi connectivity index (χ3v) is 1.68. The highest BCUT2D eigenvalue weighted by Crippen LogP contribution is 2.12. The molecule has 1 atom stereocenters. The summed E-state index contributed by atoms with van der Waals surface area (Å²) in [5.74, 6) is -1.02. The van der Waals surface area contributed by atoms with E-state index in [1.165, 1.54) is 7.11 Å². The number of hydrogen-bond donors (Lipinski definition) is 0. The van der Waals surface area contributed by atoms with Crippen molar-refractivity contribution in [2.24, 2.45) is 0 Å². The lowest BCUT2D eigenvalue weighted by molar-refractivity contribution is -0.155. The molecule has 0 fully saturated rings. The first-order valence-corrected chi connectivity index (χ1v) is 4.96. The molecule has 0 saturated heterocycles. The van der Waals surface area contributed by atoms with Crippen molar-refractivity contribution in [3.63, 3.8) is 0 Å². The molecule has 0 rings (SSSR count). The van der Waals surface area contributed by atoms with Gasteiger partial charge in [-0.25, -0.2) is 11.4 Å². The Morgan fingerprint density at radius 1 is 1.38 bits per heavy atom. The van der Waals surface area contributed by atoms with Gasteiger partial charge in [-0.1, -0.05) is 0 Å². The van der Waals surface area contributed by atoms with Gasteiger partial charge in [0.1, 0.15) is 5.60 Å². The molecule has 0 aliphatic heterocycles. The predicted molar refractivity (Wildman–Crippen MR) is 57.5 cm³/mol. The predicted octanol–water partition coefficient (Wildman–Crippen LogP) is 1.57. The van der Waals surface area contributed by atoms with Crippen LogP contribution in [0.4, 0.5) is 0 Å². The lowest BCUT2D eigenvalue weighted by Crippen LogP contribution is -2.30. The van der Waals surface area contributed by atoms with Gasteiger partial charge in [0.15, 0.2) is 0 Å². The van der Waals surface area contributed by atoms with Crippen molar-refractivity contribution in [3.8, 4) is 0 Å². The van der Waals surface area contributed by atoms with Crippen LogP contribution < -0.4 is 0 Å². The van der Waals surface area contributed by atoms with E-state index >= 15 is 0 Å². The number of esters is 2. The van der Waals surface area contributed by atoms with Crippen LogP contribution in [0.15, 0.2) is 0 Å². The first-order valence-electron chi connectivity index (χ1n) is 4.96. The Kier molecular flexibility index (Phi) is 5.51. The van der Waals surface area contributed by atoms with Crippen LogP contribution in [-0.4, -0.2) is 30.7 Å². The average molecular weight is 227 g/mol. The molecular formula is C11H17NO4. The molecule has 0 amide bonds. The highest BCUT2D eigenvalue weighted by Gasteiger charge is 2.30. The normalized spacial score (nSPS) is 12.4. The molecule has 0 aromatic heterocycles. The summed E-state index contributed by atoms with van der Waals surface area (Å²) in [7, 11) is 1.27. The van der Waals surface area contributed by atoms with E-state index in [1.807, 2.05) is 0 Å². The fourth-order valence-electron chi connectivity index (χ4n) is 0.962. The SMILES string of the molecule is [C-]#[N+]C(CCC(=O)OC)C(=O)OC(C)(C)C. The van der Waals surface area contributed by atoms with Gasteiger partial charge < -0.3 is 14.3 Å². The van der Waals surface area contributed by atoms with Crippen LogP contribution in [0.3, 0.4) is 0 Å². The molecule has 0 aliphatic carbocycles. The summed E-state index contributed by atoms with van der Waals surface area (Å²) in [6, 6.07) is -0.932. The van der Waals surface area contributed by atoms with E-state index in [2.05, 4.69) is 9.58 Å². The van der Waals surface area contributed by atoms with E-state index in [4.69, 9.17) is 11.3 Å². The fourth-order valence-corrected chi connectivity index (χ4v) is 0.962. The molecule has 0 radical (unpaired) electrons. The van der Waals surface area contributed by atoms with Crippen molar-refractivity contribution in [1.29, 1.82) is 0 Å². The Morgan fingerprint density at radius 2 is 1.94 bits per heavy atom. The summed E-state index contributed by atoms with van der Waals surface area (Å²) in [6.45, 7) is 12.1. The van der Waals surface area contributed by atoms with E-state index in [1.54, 1.807) is 20.8 Å². The molecule has 90 valence electrons. The van der Waals surface area contributed by atoms with Crippen molar-refractivity contribution in [3.05, 3.63) is 11.4 Å². The van der Waals surface area contributed by atoms with E-state index in [9.17, 15) is 9.59 Å². The van der Waals surface area contributed by atoms with Crippen LogP contribution in [0, 0.1) is 6.57 Å². The van der Waals surface area contributed by atoms with Gasteiger partial charge in [-0.2, -0.15) is 0 Å². The maximum absolute atomic E-state index is 11.5. The van der Waals surface area contributed by atoms with Gasteiger partial charge in [0.2, 0.25) is 0 Å². The Hall–Kier alpha value is -1.57. The smallest absolute Gasteiger partial charge is 0.390 e. The number of carbonyl (C=O) groups excluding carboxylic acids is 2. The number of ether oxygens (including phenoxy) is 2. The lowest BCUT2D eigenvalue weighted by Gasteiger charge is -2.19. The summed E-state index contributed by atoms with van der Waals surface area (Å²) in [5, 5.41) is 0. The van der Waals surface area contributed by atoms with Gasteiger partial charge in [-0.3, -0.25) is 4.79 Å². The highest BCUT2D eigenvalue weighted by atomic mass is 16.6. The number of methoxy groups -OCH3 is 1. The average Bonchev–Trinajstić information content (AvgIpc) is 2.15. The van der Waals surface area contributed by atoms with Gasteiger partial charge in [0.25, 0.3) is 0 Å². The summed E-state index contributed by atoms with van der Waals surface area (Å²) >= 11 is 0. The Balaban J connectivity index is 4.25. The zero-order valence-corrected chi connectivity index (χ0v) is 10.1. The molecule has 0 saturated carbocycles. The second-order valence-electron chi connectivity index (χ2n) is 4.29. The van der Waals surface area contributed by atoms with Crippen molar-refractivity contribution in [2.45, 2.75) is 45.3 Å². The molecule has 0 N–H and O–H groups in total. The topological polar surface area (TPSA) is 57.0 Å². The molecule has 0 spiro atoms. The van der Waals surface area contributed by atoms with Crippen molar-refractivity contribution in [1.82, 2.24) is 0 Å². The van der Waals surface area contributed by atoms with Crippen LogP contribution in [0.1, 0.15) is 33.6 Å². The number of rotatable bonds is 4. The zero-order valence-electron chi connectivity index (χ0n) is 10.1. The van der Waals surface area contributed by atoms with Crippen LogP contribution in [-0.2, 0) is 19.1 Å². The third kappa shape index (κ3) is 6.02. The molecule has 0 aliphatic rings. The minimum absolute atomic E-state index is 0.0444. The third-order valence-electron chi connectivity index (χ3n) is 1.68.